The second-order valence-electron chi connectivity index (χ2n) is 5.19. The Labute approximate surface area is 134 Å². The van der Waals surface area contributed by atoms with E-state index in [4.69, 9.17) is 9.47 Å². The van der Waals surface area contributed by atoms with Gasteiger partial charge in [-0.3, -0.25) is 4.79 Å². The summed E-state index contributed by atoms with van der Waals surface area (Å²) in [7, 11) is 0. The van der Waals surface area contributed by atoms with E-state index in [2.05, 4.69) is 4.98 Å². The maximum atomic E-state index is 12.2. The fourth-order valence-electron chi connectivity index (χ4n) is 2.39. The van der Waals surface area contributed by atoms with E-state index in [1.807, 2.05) is 20.1 Å². The molecule has 1 fully saturated rings. The molecule has 2 atom stereocenters. The molecule has 7 heteroatoms. The average Bonchev–Trinajstić information content (AvgIpc) is 2.51. The van der Waals surface area contributed by atoms with Gasteiger partial charge in [0.15, 0.2) is 6.61 Å². The van der Waals surface area contributed by atoms with Crippen molar-refractivity contribution in [1.29, 1.82) is 0 Å². The lowest BCUT2D eigenvalue weighted by atomic mass is 10.2. The van der Waals surface area contributed by atoms with Crippen LogP contribution in [0.15, 0.2) is 23.4 Å². The number of pyridine rings is 1. The van der Waals surface area contributed by atoms with Gasteiger partial charge in [-0.25, -0.2) is 9.78 Å². The number of ether oxygens (including phenoxy) is 2. The number of aromatic nitrogens is 1. The molecule has 22 heavy (non-hydrogen) atoms. The van der Waals surface area contributed by atoms with E-state index in [0.29, 0.717) is 23.7 Å². The fraction of sp³-hybridized carbons (Fsp3) is 0.533. The van der Waals surface area contributed by atoms with Gasteiger partial charge in [-0.1, -0.05) is 0 Å². The quantitative estimate of drug-likeness (QED) is 0.619. The first-order valence-corrected chi connectivity index (χ1v) is 8.33. The molecule has 6 nitrogen and oxygen atoms in total. The molecule has 0 bridgehead atoms. The number of amides is 1. The molecule has 2 rings (SSSR count). The van der Waals surface area contributed by atoms with Gasteiger partial charge in [-0.05, 0) is 32.2 Å². The number of thioether (sulfide) groups is 1. The van der Waals surface area contributed by atoms with Gasteiger partial charge < -0.3 is 14.4 Å². The lowest BCUT2D eigenvalue weighted by Gasteiger charge is -2.35. The van der Waals surface area contributed by atoms with Crippen molar-refractivity contribution < 1.29 is 19.1 Å². The lowest BCUT2D eigenvalue weighted by Crippen LogP contribution is -2.49. The Kier molecular flexibility index (Phi) is 5.79. The van der Waals surface area contributed by atoms with Gasteiger partial charge in [0.1, 0.15) is 5.03 Å². The molecule has 0 spiro atoms. The summed E-state index contributed by atoms with van der Waals surface area (Å²) in [5.41, 5.74) is 0.381. The van der Waals surface area contributed by atoms with E-state index >= 15 is 0 Å². The van der Waals surface area contributed by atoms with Crippen LogP contribution >= 0.6 is 11.8 Å². The molecule has 1 aromatic heterocycles. The summed E-state index contributed by atoms with van der Waals surface area (Å²) in [6, 6.07) is 3.31. The van der Waals surface area contributed by atoms with Crippen molar-refractivity contribution >= 4 is 23.6 Å². The average molecular weight is 324 g/mol. The van der Waals surface area contributed by atoms with Crippen LogP contribution in [-0.2, 0) is 14.3 Å². The van der Waals surface area contributed by atoms with Crippen LogP contribution in [0.25, 0.3) is 0 Å². The monoisotopic (exact) mass is 324 g/mol. The van der Waals surface area contributed by atoms with Gasteiger partial charge in [0.25, 0.3) is 5.91 Å². The molecule has 0 aliphatic carbocycles. The van der Waals surface area contributed by atoms with Crippen molar-refractivity contribution in [1.82, 2.24) is 9.88 Å². The highest BCUT2D eigenvalue weighted by Crippen LogP contribution is 2.18. The number of hydrogen-bond acceptors (Lipinski definition) is 6. The van der Waals surface area contributed by atoms with E-state index in [9.17, 15) is 9.59 Å². The fourth-order valence-corrected chi connectivity index (χ4v) is 2.92. The van der Waals surface area contributed by atoms with Gasteiger partial charge in [-0.2, -0.15) is 0 Å². The van der Waals surface area contributed by atoms with Crippen molar-refractivity contribution in [3.63, 3.8) is 0 Å². The maximum absolute atomic E-state index is 12.2. The molecule has 0 aromatic carbocycles. The molecule has 1 aromatic rings. The molecule has 2 heterocycles. The SMILES string of the molecule is CSc1ncccc1C(=O)OCC(=O)N1C[C@@H](C)O[C@H](C)C1. The van der Waals surface area contributed by atoms with Crippen LogP contribution in [0.3, 0.4) is 0 Å². The van der Waals surface area contributed by atoms with Crippen LogP contribution in [0.2, 0.25) is 0 Å². The summed E-state index contributed by atoms with van der Waals surface area (Å²) in [6.07, 6.45) is 3.43. The van der Waals surface area contributed by atoms with Gasteiger partial charge in [-0.15, -0.1) is 11.8 Å². The summed E-state index contributed by atoms with van der Waals surface area (Å²) < 4.78 is 10.7. The highest BCUT2D eigenvalue weighted by Gasteiger charge is 2.26. The minimum absolute atomic E-state index is 0.00943. The third-order valence-corrected chi connectivity index (χ3v) is 4.00. The summed E-state index contributed by atoms with van der Waals surface area (Å²) in [4.78, 5) is 30.0. The Morgan fingerprint density at radius 3 is 2.73 bits per heavy atom. The number of esters is 1. The number of nitrogens with zero attached hydrogens (tertiary/aromatic N) is 2. The first-order chi connectivity index (χ1) is 10.5. The highest BCUT2D eigenvalue weighted by molar-refractivity contribution is 7.98. The molecule has 120 valence electrons. The zero-order valence-electron chi connectivity index (χ0n) is 12.9. The second-order valence-corrected chi connectivity index (χ2v) is 5.99. The molecular weight excluding hydrogens is 304 g/mol. The van der Waals surface area contributed by atoms with Gasteiger partial charge >= 0.3 is 5.97 Å². The summed E-state index contributed by atoms with van der Waals surface area (Å²) in [5.74, 6) is -0.731. The summed E-state index contributed by atoms with van der Waals surface area (Å²) in [6.45, 7) is 4.61. The normalized spacial score (nSPS) is 21.5. The highest BCUT2D eigenvalue weighted by atomic mass is 32.2. The van der Waals surface area contributed by atoms with Crippen molar-refractivity contribution in [2.75, 3.05) is 26.0 Å². The molecular formula is C15H20N2O4S. The largest absolute Gasteiger partial charge is 0.452 e. The minimum Gasteiger partial charge on any atom is -0.452 e. The maximum Gasteiger partial charge on any atom is 0.341 e. The zero-order valence-corrected chi connectivity index (χ0v) is 13.8. The minimum atomic E-state index is -0.528. The van der Waals surface area contributed by atoms with Gasteiger partial charge in [0.2, 0.25) is 0 Å². The van der Waals surface area contributed by atoms with Crippen LogP contribution in [0, 0.1) is 0 Å². The predicted molar refractivity (Wildman–Crippen MR) is 82.9 cm³/mol. The van der Waals surface area contributed by atoms with Crippen LogP contribution in [0.5, 0.6) is 0 Å². The van der Waals surface area contributed by atoms with Crippen molar-refractivity contribution in [3.8, 4) is 0 Å². The van der Waals surface area contributed by atoms with Gasteiger partial charge in [0.05, 0.1) is 17.8 Å². The summed E-state index contributed by atoms with van der Waals surface area (Å²) >= 11 is 1.36. The lowest BCUT2D eigenvalue weighted by molar-refractivity contribution is -0.146. The van der Waals surface area contributed by atoms with Crippen LogP contribution in [-0.4, -0.2) is 59.9 Å². The van der Waals surface area contributed by atoms with Crippen molar-refractivity contribution in [3.05, 3.63) is 23.9 Å². The molecule has 1 amide bonds. The third kappa shape index (κ3) is 4.20. The molecule has 0 radical (unpaired) electrons. The van der Waals surface area contributed by atoms with Gasteiger partial charge in [0, 0.05) is 19.3 Å². The van der Waals surface area contributed by atoms with Crippen LogP contribution in [0.4, 0.5) is 0 Å². The zero-order chi connectivity index (χ0) is 16.1. The van der Waals surface area contributed by atoms with Crippen LogP contribution < -0.4 is 0 Å². The van der Waals surface area contributed by atoms with Crippen LogP contribution in [0.1, 0.15) is 24.2 Å². The first-order valence-electron chi connectivity index (χ1n) is 7.10. The first kappa shape index (κ1) is 16.8. The number of hydrogen-bond donors (Lipinski definition) is 0. The topological polar surface area (TPSA) is 68.7 Å². The Morgan fingerprint density at radius 2 is 2.09 bits per heavy atom. The Balaban J connectivity index is 1.92. The Bertz CT molecular complexity index is 542. The summed E-state index contributed by atoms with van der Waals surface area (Å²) in [5, 5.41) is 0.591. The predicted octanol–water partition coefficient (Wildman–Crippen LogP) is 1.60. The van der Waals surface area contributed by atoms with E-state index < -0.39 is 5.97 Å². The van der Waals surface area contributed by atoms with Crippen molar-refractivity contribution in [2.24, 2.45) is 0 Å². The van der Waals surface area contributed by atoms with Crippen molar-refractivity contribution in [2.45, 2.75) is 31.1 Å². The molecule has 0 saturated carbocycles. The number of morpholine rings is 1. The standard InChI is InChI=1S/C15H20N2O4S/c1-10-7-17(8-11(2)21-10)13(18)9-20-15(19)12-5-4-6-16-14(12)22-3/h4-6,10-11H,7-9H2,1-3H3/t10-,11-/m1/s1. The molecule has 0 unspecified atom stereocenters. The third-order valence-electron chi connectivity index (χ3n) is 3.28. The molecule has 0 N–H and O–H groups in total. The smallest absolute Gasteiger partial charge is 0.341 e. The molecule has 1 saturated heterocycles. The number of carbonyl (C=O) groups excluding carboxylic acids is 2. The second kappa shape index (κ2) is 7.60. The Hall–Kier alpha value is -1.60. The van der Waals surface area contributed by atoms with E-state index in [-0.39, 0.29) is 24.7 Å². The van der Waals surface area contributed by atoms with E-state index in [0.717, 1.165) is 0 Å². The number of carbonyl (C=O) groups is 2. The number of rotatable bonds is 4. The Morgan fingerprint density at radius 1 is 1.41 bits per heavy atom. The van der Waals surface area contributed by atoms with E-state index in [1.165, 1.54) is 11.8 Å². The van der Waals surface area contributed by atoms with E-state index in [1.54, 1.807) is 23.2 Å². The molecule has 1 aliphatic rings. The molecule has 1 aliphatic heterocycles.